The zero-order chi connectivity index (χ0) is 14.4. The van der Waals surface area contributed by atoms with Crippen molar-refractivity contribution in [1.82, 2.24) is 5.32 Å². The van der Waals surface area contributed by atoms with Crippen molar-refractivity contribution in [2.24, 2.45) is 5.92 Å². The first-order chi connectivity index (χ1) is 9.69. The van der Waals surface area contributed by atoms with Crippen LogP contribution in [0.25, 0.3) is 0 Å². The minimum absolute atomic E-state index is 0.443. The Morgan fingerprint density at radius 2 is 1.95 bits per heavy atom. The van der Waals surface area contributed by atoms with Gasteiger partial charge in [-0.15, -0.1) is 0 Å². The number of hydrogen-bond donors (Lipinski definition) is 2. The van der Waals surface area contributed by atoms with Crippen molar-refractivity contribution < 1.29 is 9.84 Å². The summed E-state index contributed by atoms with van der Waals surface area (Å²) in [4.78, 5) is 0. The normalized spacial score (nSPS) is 24.9. The summed E-state index contributed by atoms with van der Waals surface area (Å²) in [7, 11) is 1.65. The largest absolute Gasteiger partial charge is 0.497 e. The van der Waals surface area contributed by atoms with Crippen LogP contribution in [0.5, 0.6) is 5.75 Å². The summed E-state index contributed by atoms with van der Waals surface area (Å²) in [6, 6.07) is 8.21. The van der Waals surface area contributed by atoms with Gasteiger partial charge in [0.25, 0.3) is 0 Å². The molecule has 0 aromatic heterocycles. The van der Waals surface area contributed by atoms with Gasteiger partial charge in [0, 0.05) is 12.6 Å². The summed E-state index contributed by atoms with van der Waals surface area (Å²) >= 11 is 0. The van der Waals surface area contributed by atoms with Gasteiger partial charge in [0.2, 0.25) is 0 Å². The highest BCUT2D eigenvalue weighted by atomic mass is 16.5. The molecule has 0 heterocycles. The van der Waals surface area contributed by atoms with Gasteiger partial charge in [-0.1, -0.05) is 31.9 Å². The molecule has 0 aliphatic heterocycles. The SMILES string of the molecule is COc1ccc(C(O)CNC2CCCC(C)CC2)cc1. The molecule has 3 nitrogen and oxygen atoms in total. The van der Waals surface area contributed by atoms with Crippen molar-refractivity contribution in [2.75, 3.05) is 13.7 Å². The van der Waals surface area contributed by atoms with Gasteiger partial charge in [-0.3, -0.25) is 0 Å². The standard InChI is InChI=1S/C17H27NO2/c1-13-4-3-5-15(9-6-13)18-12-17(19)14-7-10-16(20-2)11-8-14/h7-8,10-11,13,15,17-19H,3-6,9,12H2,1-2H3. The van der Waals surface area contributed by atoms with Gasteiger partial charge >= 0.3 is 0 Å². The molecule has 0 amide bonds. The van der Waals surface area contributed by atoms with E-state index in [0.717, 1.165) is 17.2 Å². The second-order valence-corrected chi connectivity index (χ2v) is 6.01. The second kappa shape index (κ2) is 7.65. The summed E-state index contributed by atoms with van der Waals surface area (Å²) < 4.78 is 5.13. The monoisotopic (exact) mass is 277 g/mol. The fourth-order valence-electron chi connectivity index (χ4n) is 2.91. The van der Waals surface area contributed by atoms with Crippen molar-refractivity contribution in [2.45, 2.75) is 51.2 Å². The lowest BCUT2D eigenvalue weighted by Gasteiger charge is -2.19. The van der Waals surface area contributed by atoms with E-state index in [1.54, 1.807) is 7.11 Å². The maximum Gasteiger partial charge on any atom is 0.118 e. The first-order valence-electron chi connectivity index (χ1n) is 7.74. The molecule has 1 aliphatic rings. The van der Waals surface area contributed by atoms with Crippen LogP contribution in [0.2, 0.25) is 0 Å². The molecule has 3 atom stereocenters. The van der Waals surface area contributed by atoms with Gasteiger partial charge < -0.3 is 15.2 Å². The third-order valence-corrected chi connectivity index (χ3v) is 4.36. The Hall–Kier alpha value is -1.06. The molecule has 3 heteroatoms. The van der Waals surface area contributed by atoms with E-state index in [1.807, 2.05) is 24.3 Å². The molecule has 1 saturated carbocycles. The molecule has 0 spiro atoms. The molecule has 20 heavy (non-hydrogen) atoms. The number of methoxy groups -OCH3 is 1. The van der Waals surface area contributed by atoms with Crippen LogP contribution in [0.4, 0.5) is 0 Å². The van der Waals surface area contributed by atoms with Crippen LogP contribution in [0.1, 0.15) is 50.7 Å². The van der Waals surface area contributed by atoms with E-state index in [2.05, 4.69) is 12.2 Å². The number of benzene rings is 1. The molecule has 0 bridgehead atoms. The zero-order valence-corrected chi connectivity index (χ0v) is 12.6. The maximum absolute atomic E-state index is 10.2. The van der Waals surface area contributed by atoms with Gasteiger partial charge in [-0.05, 0) is 42.9 Å². The fourth-order valence-corrected chi connectivity index (χ4v) is 2.91. The molecule has 3 unspecified atom stereocenters. The second-order valence-electron chi connectivity index (χ2n) is 6.01. The van der Waals surface area contributed by atoms with Crippen molar-refractivity contribution >= 4 is 0 Å². The summed E-state index contributed by atoms with van der Waals surface area (Å²) in [5.41, 5.74) is 0.945. The Morgan fingerprint density at radius 3 is 2.65 bits per heavy atom. The summed E-state index contributed by atoms with van der Waals surface area (Å²) in [5, 5.41) is 13.8. The number of aliphatic hydroxyl groups is 1. The lowest BCUT2D eigenvalue weighted by molar-refractivity contribution is 0.168. The van der Waals surface area contributed by atoms with E-state index in [4.69, 9.17) is 4.74 Å². The highest BCUT2D eigenvalue weighted by Gasteiger charge is 2.17. The van der Waals surface area contributed by atoms with Gasteiger partial charge in [0.15, 0.2) is 0 Å². The first kappa shape index (κ1) is 15.3. The molecule has 1 aromatic rings. The Kier molecular flexibility index (Phi) is 5.86. The third kappa shape index (κ3) is 4.50. The van der Waals surface area contributed by atoms with E-state index >= 15 is 0 Å². The quantitative estimate of drug-likeness (QED) is 0.812. The number of rotatable bonds is 5. The Labute approximate surface area is 122 Å². The van der Waals surface area contributed by atoms with Crippen LogP contribution in [0, 0.1) is 5.92 Å². The fraction of sp³-hybridized carbons (Fsp3) is 0.647. The van der Waals surface area contributed by atoms with Crippen LogP contribution >= 0.6 is 0 Å². The molecular weight excluding hydrogens is 250 g/mol. The molecule has 112 valence electrons. The summed E-state index contributed by atoms with van der Waals surface area (Å²) in [6.45, 7) is 2.97. The average Bonchev–Trinajstić information content (AvgIpc) is 2.69. The van der Waals surface area contributed by atoms with Crippen molar-refractivity contribution in [3.63, 3.8) is 0 Å². The van der Waals surface area contributed by atoms with Gasteiger partial charge in [0.05, 0.1) is 13.2 Å². The van der Waals surface area contributed by atoms with Crippen LogP contribution in [0.15, 0.2) is 24.3 Å². The Morgan fingerprint density at radius 1 is 1.20 bits per heavy atom. The molecule has 1 aromatic carbocycles. The lowest BCUT2D eigenvalue weighted by Crippen LogP contribution is -2.32. The molecular formula is C17H27NO2. The van der Waals surface area contributed by atoms with Crippen molar-refractivity contribution in [1.29, 1.82) is 0 Å². The minimum Gasteiger partial charge on any atom is -0.497 e. The predicted octanol–water partition coefficient (Wildman–Crippen LogP) is 3.29. The molecule has 2 N–H and O–H groups in total. The lowest BCUT2D eigenvalue weighted by atomic mass is 10.0. The Bertz CT molecular complexity index is 390. The molecule has 0 saturated heterocycles. The highest BCUT2D eigenvalue weighted by Crippen LogP contribution is 2.23. The van der Waals surface area contributed by atoms with Crippen LogP contribution in [-0.2, 0) is 0 Å². The van der Waals surface area contributed by atoms with E-state index in [0.29, 0.717) is 12.6 Å². The zero-order valence-electron chi connectivity index (χ0n) is 12.6. The number of ether oxygens (including phenoxy) is 1. The first-order valence-corrected chi connectivity index (χ1v) is 7.74. The number of nitrogens with one attached hydrogen (secondary N) is 1. The maximum atomic E-state index is 10.2. The summed E-state index contributed by atoms with van der Waals surface area (Å²) in [5.74, 6) is 1.68. The smallest absolute Gasteiger partial charge is 0.118 e. The summed E-state index contributed by atoms with van der Waals surface area (Å²) in [6.07, 6.45) is 5.98. The Balaban J connectivity index is 1.80. The van der Waals surface area contributed by atoms with E-state index in [1.165, 1.54) is 32.1 Å². The minimum atomic E-state index is -0.443. The van der Waals surface area contributed by atoms with Crippen LogP contribution in [-0.4, -0.2) is 24.8 Å². The number of hydrogen-bond acceptors (Lipinski definition) is 3. The molecule has 1 aliphatic carbocycles. The van der Waals surface area contributed by atoms with Crippen molar-refractivity contribution in [3.05, 3.63) is 29.8 Å². The topological polar surface area (TPSA) is 41.5 Å². The molecule has 1 fully saturated rings. The van der Waals surface area contributed by atoms with Gasteiger partial charge in [-0.2, -0.15) is 0 Å². The van der Waals surface area contributed by atoms with E-state index in [9.17, 15) is 5.11 Å². The van der Waals surface area contributed by atoms with E-state index < -0.39 is 6.10 Å². The van der Waals surface area contributed by atoms with Crippen molar-refractivity contribution in [3.8, 4) is 5.75 Å². The van der Waals surface area contributed by atoms with E-state index in [-0.39, 0.29) is 0 Å². The molecule has 0 radical (unpaired) electrons. The number of aliphatic hydroxyl groups excluding tert-OH is 1. The third-order valence-electron chi connectivity index (χ3n) is 4.36. The average molecular weight is 277 g/mol. The van der Waals surface area contributed by atoms with Crippen LogP contribution < -0.4 is 10.1 Å². The molecule has 2 rings (SSSR count). The highest BCUT2D eigenvalue weighted by molar-refractivity contribution is 5.28. The van der Waals surface area contributed by atoms with Crippen LogP contribution in [0.3, 0.4) is 0 Å². The van der Waals surface area contributed by atoms with Gasteiger partial charge in [-0.25, -0.2) is 0 Å². The predicted molar refractivity (Wildman–Crippen MR) is 82.0 cm³/mol. The van der Waals surface area contributed by atoms with Gasteiger partial charge in [0.1, 0.15) is 5.75 Å².